The van der Waals surface area contributed by atoms with Crippen LogP contribution in [0.2, 0.25) is 0 Å². The van der Waals surface area contributed by atoms with Gasteiger partial charge in [0.1, 0.15) is 17.6 Å². The first-order valence-corrected chi connectivity index (χ1v) is 7.59. The van der Waals surface area contributed by atoms with E-state index in [2.05, 4.69) is 15.6 Å². The number of benzene rings is 1. The molecule has 0 spiro atoms. The maximum Gasteiger partial charge on any atom is 0.191 e. The van der Waals surface area contributed by atoms with E-state index in [4.69, 9.17) is 9.15 Å². The van der Waals surface area contributed by atoms with E-state index in [0.717, 1.165) is 17.9 Å². The number of guanidine groups is 1. The van der Waals surface area contributed by atoms with Crippen LogP contribution in [0.3, 0.4) is 0 Å². The summed E-state index contributed by atoms with van der Waals surface area (Å²) in [6.45, 7) is 3.59. The zero-order valence-electron chi connectivity index (χ0n) is 13.5. The van der Waals surface area contributed by atoms with E-state index in [1.165, 1.54) is 0 Å². The second kappa shape index (κ2) is 8.85. The van der Waals surface area contributed by atoms with Gasteiger partial charge in [-0.15, -0.1) is 0 Å². The molecule has 0 amide bonds. The van der Waals surface area contributed by atoms with Crippen LogP contribution in [0.5, 0.6) is 5.75 Å². The third kappa shape index (κ3) is 5.34. The topological polar surface area (TPSA) is 79.0 Å². The van der Waals surface area contributed by atoms with Crippen molar-refractivity contribution in [1.29, 1.82) is 0 Å². The highest BCUT2D eigenvalue weighted by Gasteiger charge is 2.10. The van der Waals surface area contributed by atoms with Crippen molar-refractivity contribution in [3.05, 3.63) is 54.0 Å². The fraction of sp³-hybridized carbons (Fsp3) is 0.353. The van der Waals surface area contributed by atoms with E-state index < -0.39 is 6.10 Å². The Morgan fingerprint density at radius 3 is 2.65 bits per heavy atom. The highest BCUT2D eigenvalue weighted by atomic mass is 16.5. The minimum absolute atomic E-state index is 0.321. The first kappa shape index (κ1) is 16.9. The number of nitrogens with zero attached hydrogens (tertiary/aromatic N) is 1. The van der Waals surface area contributed by atoms with Gasteiger partial charge in [0, 0.05) is 6.54 Å². The number of aliphatic imine (C=N–C) groups is 1. The van der Waals surface area contributed by atoms with Gasteiger partial charge < -0.3 is 24.9 Å². The molecule has 23 heavy (non-hydrogen) atoms. The summed E-state index contributed by atoms with van der Waals surface area (Å²) in [5.41, 5.74) is 1.08. The Morgan fingerprint density at radius 2 is 2.04 bits per heavy atom. The van der Waals surface area contributed by atoms with Gasteiger partial charge in [-0.3, -0.25) is 0 Å². The van der Waals surface area contributed by atoms with Crippen LogP contribution in [0.15, 0.2) is 52.1 Å². The molecule has 0 bridgehead atoms. The lowest BCUT2D eigenvalue weighted by molar-refractivity contribution is 0.153. The lowest BCUT2D eigenvalue weighted by Gasteiger charge is -2.14. The first-order valence-electron chi connectivity index (χ1n) is 7.59. The quantitative estimate of drug-likeness (QED) is 0.538. The van der Waals surface area contributed by atoms with Crippen molar-refractivity contribution in [2.45, 2.75) is 19.6 Å². The molecular formula is C17H23N3O3. The molecule has 124 valence electrons. The van der Waals surface area contributed by atoms with Crippen LogP contribution in [0.1, 0.15) is 24.4 Å². The van der Waals surface area contributed by atoms with Crippen molar-refractivity contribution in [2.24, 2.45) is 4.99 Å². The van der Waals surface area contributed by atoms with Crippen molar-refractivity contribution in [2.75, 3.05) is 20.2 Å². The minimum Gasteiger partial charge on any atom is -0.497 e. The molecule has 1 atom stereocenters. The van der Waals surface area contributed by atoms with Crippen LogP contribution >= 0.6 is 0 Å². The molecule has 0 saturated carbocycles. The third-order valence-corrected chi connectivity index (χ3v) is 3.26. The van der Waals surface area contributed by atoms with Crippen LogP contribution in [-0.2, 0) is 6.54 Å². The number of hydrogen-bond acceptors (Lipinski definition) is 4. The summed E-state index contributed by atoms with van der Waals surface area (Å²) in [5, 5.41) is 16.3. The van der Waals surface area contributed by atoms with Crippen molar-refractivity contribution in [3.63, 3.8) is 0 Å². The molecule has 1 aromatic carbocycles. The number of hydrogen-bond donors (Lipinski definition) is 3. The summed E-state index contributed by atoms with van der Waals surface area (Å²) in [7, 11) is 1.64. The summed E-state index contributed by atoms with van der Waals surface area (Å²) < 4.78 is 10.3. The predicted octanol–water partition coefficient (Wildman–Crippen LogP) is 2.08. The summed E-state index contributed by atoms with van der Waals surface area (Å²) in [4.78, 5) is 4.50. The second-order valence-corrected chi connectivity index (χ2v) is 4.96. The highest BCUT2D eigenvalue weighted by molar-refractivity contribution is 5.79. The maximum atomic E-state index is 10.0. The molecule has 0 aliphatic rings. The largest absolute Gasteiger partial charge is 0.497 e. The molecule has 1 heterocycles. The zero-order valence-corrected chi connectivity index (χ0v) is 13.5. The van der Waals surface area contributed by atoms with Gasteiger partial charge in [-0.1, -0.05) is 12.1 Å². The Morgan fingerprint density at radius 1 is 1.26 bits per heavy atom. The van der Waals surface area contributed by atoms with Gasteiger partial charge in [-0.05, 0) is 36.8 Å². The second-order valence-electron chi connectivity index (χ2n) is 4.96. The summed E-state index contributed by atoms with van der Waals surface area (Å²) in [5.74, 6) is 2.00. The Labute approximate surface area is 136 Å². The molecule has 0 aliphatic heterocycles. The number of furan rings is 1. The summed E-state index contributed by atoms with van der Waals surface area (Å²) >= 11 is 0. The molecule has 0 aliphatic carbocycles. The fourth-order valence-corrected chi connectivity index (χ4v) is 2.02. The molecule has 2 rings (SSSR count). The number of nitrogens with one attached hydrogen (secondary N) is 2. The van der Waals surface area contributed by atoms with Gasteiger partial charge in [-0.2, -0.15) is 0 Å². The predicted molar refractivity (Wildman–Crippen MR) is 89.5 cm³/mol. The number of rotatable bonds is 7. The molecule has 0 radical (unpaired) electrons. The molecule has 1 unspecified atom stereocenters. The SMILES string of the molecule is CCNC(=NCc1ccc(OC)cc1)NCC(O)c1ccco1. The number of methoxy groups -OCH3 is 1. The van der Waals surface area contributed by atoms with Crippen LogP contribution in [0, 0.1) is 0 Å². The fourth-order valence-electron chi connectivity index (χ4n) is 2.02. The lowest BCUT2D eigenvalue weighted by atomic mass is 10.2. The summed E-state index contributed by atoms with van der Waals surface area (Å²) in [6, 6.07) is 11.3. The van der Waals surface area contributed by atoms with Crippen LogP contribution in [-0.4, -0.2) is 31.3 Å². The van der Waals surface area contributed by atoms with E-state index in [1.54, 1.807) is 25.5 Å². The Bertz CT molecular complexity index is 594. The number of ether oxygens (including phenoxy) is 1. The Hall–Kier alpha value is -2.47. The Balaban J connectivity index is 1.90. The van der Waals surface area contributed by atoms with E-state index >= 15 is 0 Å². The van der Waals surface area contributed by atoms with Crippen molar-refractivity contribution < 1.29 is 14.3 Å². The van der Waals surface area contributed by atoms with Crippen molar-refractivity contribution in [3.8, 4) is 5.75 Å². The van der Waals surface area contributed by atoms with Crippen molar-refractivity contribution in [1.82, 2.24) is 10.6 Å². The van der Waals surface area contributed by atoms with Gasteiger partial charge in [0.25, 0.3) is 0 Å². The first-order chi connectivity index (χ1) is 11.2. The normalized spacial score (nSPS) is 12.7. The minimum atomic E-state index is -0.713. The molecule has 2 aromatic rings. The average Bonchev–Trinajstić information content (AvgIpc) is 3.12. The van der Waals surface area contributed by atoms with Crippen molar-refractivity contribution >= 4 is 5.96 Å². The average molecular weight is 317 g/mol. The maximum absolute atomic E-state index is 10.0. The summed E-state index contributed by atoms with van der Waals surface area (Å²) in [6.07, 6.45) is 0.830. The van der Waals surface area contributed by atoms with E-state index in [-0.39, 0.29) is 0 Å². The van der Waals surface area contributed by atoms with E-state index in [0.29, 0.717) is 24.8 Å². The van der Waals surface area contributed by atoms with E-state index in [1.807, 2.05) is 31.2 Å². The third-order valence-electron chi connectivity index (χ3n) is 3.26. The smallest absolute Gasteiger partial charge is 0.191 e. The molecule has 3 N–H and O–H groups in total. The lowest BCUT2D eigenvalue weighted by Crippen LogP contribution is -2.39. The van der Waals surface area contributed by atoms with E-state index in [9.17, 15) is 5.11 Å². The monoisotopic (exact) mass is 317 g/mol. The van der Waals surface area contributed by atoms with Crippen LogP contribution < -0.4 is 15.4 Å². The van der Waals surface area contributed by atoms with Gasteiger partial charge >= 0.3 is 0 Å². The molecule has 1 aromatic heterocycles. The van der Waals surface area contributed by atoms with Gasteiger partial charge in [0.15, 0.2) is 5.96 Å². The van der Waals surface area contributed by atoms with Crippen LogP contribution in [0.25, 0.3) is 0 Å². The standard InChI is InChI=1S/C17H23N3O3/c1-3-18-17(20-12-15(21)16-5-4-10-23-16)19-11-13-6-8-14(22-2)9-7-13/h4-10,15,21H,3,11-12H2,1-2H3,(H2,18,19,20). The van der Waals surface area contributed by atoms with Gasteiger partial charge in [0.2, 0.25) is 0 Å². The number of aliphatic hydroxyl groups is 1. The number of aliphatic hydroxyl groups excluding tert-OH is 1. The molecule has 6 heteroatoms. The Kier molecular flexibility index (Phi) is 6.50. The molecule has 6 nitrogen and oxygen atoms in total. The van der Waals surface area contributed by atoms with Gasteiger partial charge in [-0.25, -0.2) is 4.99 Å². The molecular weight excluding hydrogens is 294 g/mol. The molecule has 0 fully saturated rings. The van der Waals surface area contributed by atoms with Gasteiger partial charge in [0.05, 0.1) is 26.5 Å². The highest BCUT2D eigenvalue weighted by Crippen LogP contribution is 2.12. The zero-order chi connectivity index (χ0) is 16.5. The van der Waals surface area contributed by atoms with Crippen LogP contribution in [0.4, 0.5) is 0 Å². The molecule has 0 saturated heterocycles.